The van der Waals surface area contributed by atoms with E-state index < -0.39 is 0 Å². The maximum absolute atomic E-state index is 11.5. The fourth-order valence-corrected chi connectivity index (χ4v) is 2.43. The van der Waals surface area contributed by atoms with Crippen LogP contribution in [0.25, 0.3) is 0 Å². The van der Waals surface area contributed by atoms with Crippen molar-refractivity contribution in [2.24, 2.45) is 5.41 Å². The molecule has 0 spiro atoms. The number of nitrogens with one attached hydrogen (secondary N) is 1. The van der Waals surface area contributed by atoms with Gasteiger partial charge in [-0.05, 0) is 38.1 Å². The third-order valence-electron chi connectivity index (χ3n) is 3.76. The molecule has 0 aromatic rings. The van der Waals surface area contributed by atoms with E-state index in [1.165, 1.54) is 25.7 Å². The lowest BCUT2D eigenvalue weighted by Gasteiger charge is -2.38. The molecule has 0 aliphatic heterocycles. The molecule has 0 aromatic heterocycles. The van der Waals surface area contributed by atoms with Gasteiger partial charge in [0.1, 0.15) is 0 Å². The zero-order valence-corrected chi connectivity index (χ0v) is 11.3. The summed E-state index contributed by atoms with van der Waals surface area (Å²) in [6.07, 6.45) is 4.83. The molecule has 17 heavy (non-hydrogen) atoms. The monoisotopic (exact) mass is 242 g/mol. The van der Waals surface area contributed by atoms with E-state index in [9.17, 15) is 4.79 Å². The minimum Gasteiger partial charge on any atom is -0.395 e. The summed E-state index contributed by atoms with van der Waals surface area (Å²) in [5, 5.41) is 11.3. The van der Waals surface area contributed by atoms with E-state index in [2.05, 4.69) is 24.1 Å². The second-order valence-electron chi connectivity index (χ2n) is 5.88. The lowest BCUT2D eigenvalue weighted by Crippen LogP contribution is -2.43. The first-order valence-corrected chi connectivity index (χ1v) is 6.52. The standard InChI is InChI=1S/C13H26N2O2/c1-13(2)6-4-11(5-7-13)15(3)10-12(17)14-8-9-16/h11,16H,4-10H2,1-3H3,(H,14,17). The van der Waals surface area contributed by atoms with Gasteiger partial charge in [-0.1, -0.05) is 13.8 Å². The highest BCUT2D eigenvalue weighted by atomic mass is 16.3. The van der Waals surface area contributed by atoms with Gasteiger partial charge < -0.3 is 10.4 Å². The summed E-state index contributed by atoms with van der Waals surface area (Å²) < 4.78 is 0. The number of nitrogens with zero attached hydrogens (tertiary/aromatic N) is 1. The van der Waals surface area contributed by atoms with Crippen molar-refractivity contribution in [3.8, 4) is 0 Å². The predicted octanol–water partition coefficient (Wildman–Crippen LogP) is 0.995. The molecule has 0 aromatic carbocycles. The Hall–Kier alpha value is -0.610. The number of likely N-dealkylation sites (N-methyl/N-ethyl adjacent to an activating group) is 1. The normalized spacial score (nSPS) is 20.5. The largest absolute Gasteiger partial charge is 0.395 e. The van der Waals surface area contributed by atoms with Gasteiger partial charge in [-0.3, -0.25) is 9.69 Å². The number of carbonyl (C=O) groups excluding carboxylic acids is 1. The first-order valence-electron chi connectivity index (χ1n) is 6.52. The first kappa shape index (κ1) is 14.5. The number of carbonyl (C=O) groups is 1. The molecule has 1 saturated carbocycles. The van der Waals surface area contributed by atoms with E-state index in [0.29, 0.717) is 24.5 Å². The molecule has 0 saturated heterocycles. The van der Waals surface area contributed by atoms with Crippen LogP contribution in [0.15, 0.2) is 0 Å². The zero-order valence-electron chi connectivity index (χ0n) is 11.3. The van der Waals surface area contributed by atoms with Crippen LogP contribution < -0.4 is 5.32 Å². The maximum Gasteiger partial charge on any atom is 0.234 e. The summed E-state index contributed by atoms with van der Waals surface area (Å²) >= 11 is 0. The van der Waals surface area contributed by atoms with Crippen molar-refractivity contribution in [1.82, 2.24) is 10.2 Å². The molecule has 1 aliphatic carbocycles. The molecule has 0 bridgehead atoms. The maximum atomic E-state index is 11.5. The molecule has 4 heteroatoms. The van der Waals surface area contributed by atoms with Crippen LogP contribution in [0.1, 0.15) is 39.5 Å². The van der Waals surface area contributed by atoms with Crippen LogP contribution >= 0.6 is 0 Å². The molecule has 0 radical (unpaired) electrons. The van der Waals surface area contributed by atoms with Crippen molar-refractivity contribution in [2.45, 2.75) is 45.6 Å². The highest BCUT2D eigenvalue weighted by molar-refractivity contribution is 5.77. The third-order valence-corrected chi connectivity index (χ3v) is 3.76. The van der Waals surface area contributed by atoms with Crippen LogP contribution in [0.5, 0.6) is 0 Å². The average molecular weight is 242 g/mol. The number of hydrogen-bond donors (Lipinski definition) is 2. The van der Waals surface area contributed by atoms with Crippen molar-refractivity contribution < 1.29 is 9.90 Å². The first-order chi connectivity index (χ1) is 7.94. The third kappa shape index (κ3) is 5.04. The summed E-state index contributed by atoms with van der Waals surface area (Å²) in [5.74, 6) is 0.00591. The Kier molecular flexibility index (Phi) is 5.40. The van der Waals surface area contributed by atoms with Crippen LogP contribution in [0, 0.1) is 5.41 Å². The van der Waals surface area contributed by atoms with Crippen molar-refractivity contribution in [3.05, 3.63) is 0 Å². The molecule has 4 nitrogen and oxygen atoms in total. The average Bonchev–Trinajstić information content (AvgIpc) is 2.26. The number of rotatable bonds is 5. The summed E-state index contributed by atoms with van der Waals surface area (Å²) in [4.78, 5) is 13.7. The molecule has 0 atom stereocenters. The summed E-state index contributed by atoms with van der Waals surface area (Å²) in [7, 11) is 2.02. The van der Waals surface area contributed by atoms with Gasteiger partial charge in [0.05, 0.1) is 13.2 Å². The lowest BCUT2D eigenvalue weighted by atomic mass is 9.75. The summed E-state index contributed by atoms with van der Waals surface area (Å²) in [5.41, 5.74) is 0.469. The smallest absolute Gasteiger partial charge is 0.234 e. The van der Waals surface area contributed by atoms with Gasteiger partial charge in [0, 0.05) is 12.6 Å². The predicted molar refractivity (Wildman–Crippen MR) is 68.8 cm³/mol. The number of hydrogen-bond acceptors (Lipinski definition) is 3. The molecular weight excluding hydrogens is 216 g/mol. The van der Waals surface area contributed by atoms with Gasteiger partial charge in [0.2, 0.25) is 5.91 Å². The number of aliphatic hydroxyl groups excluding tert-OH is 1. The molecule has 0 unspecified atom stereocenters. The van der Waals surface area contributed by atoms with Crippen molar-refractivity contribution in [3.63, 3.8) is 0 Å². The molecule has 1 aliphatic rings. The Labute approximate surface area is 104 Å². The Balaban J connectivity index is 2.29. The quantitative estimate of drug-likeness (QED) is 0.756. The van der Waals surface area contributed by atoms with Gasteiger partial charge in [-0.25, -0.2) is 0 Å². The van der Waals surface area contributed by atoms with Crippen molar-refractivity contribution >= 4 is 5.91 Å². The van der Waals surface area contributed by atoms with Gasteiger partial charge in [-0.2, -0.15) is 0 Å². The molecule has 2 N–H and O–H groups in total. The molecule has 1 amide bonds. The van der Waals surface area contributed by atoms with E-state index in [0.717, 1.165) is 0 Å². The van der Waals surface area contributed by atoms with Gasteiger partial charge in [0.25, 0.3) is 0 Å². The van der Waals surface area contributed by atoms with Gasteiger partial charge >= 0.3 is 0 Å². The fourth-order valence-electron chi connectivity index (χ4n) is 2.43. The second-order valence-corrected chi connectivity index (χ2v) is 5.88. The zero-order chi connectivity index (χ0) is 12.9. The van der Waals surface area contributed by atoms with Gasteiger partial charge in [-0.15, -0.1) is 0 Å². The highest BCUT2D eigenvalue weighted by Gasteiger charge is 2.29. The van der Waals surface area contributed by atoms with Crippen LogP contribution in [0.3, 0.4) is 0 Å². The van der Waals surface area contributed by atoms with E-state index in [1.807, 2.05) is 7.05 Å². The molecule has 100 valence electrons. The van der Waals surface area contributed by atoms with Gasteiger partial charge in [0.15, 0.2) is 0 Å². The molecule has 0 heterocycles. The van der Waals surface area contributed by atoms with E-state index in [1.54, 1.807) is 0 Å². The van der Waals surface area contributed by atoms with Crippen molar-refractivity contribution in [1.29, 1.82) is 0 Å². The van der Waals surface area contributed by atoms with E-state index in [4.69, 9.17) is 5.11 Å². The molecule has 1 fully saturated rings. The Morgan fingerprint density at radius 2 is 2.00 bits per heavy atom. The minimum absolute atomic E-state index is 0.00591. The summed E-state index contributed by atoms with van der Waals surface area (Å²) in [6, 6.07) is 0.530. The molecular formula is C13H26N2O2. The van der Waals surface area contributed by atoms with Crippen LogP contribution in [-0.4, -0.2) is 48.7 Å². The Morgan fingerprint density at radius 1 is 1.41 bits per heavy atom. The lowest BCUT2D eigenvalue weighted by molar-refractivity contribution is -0.122. The van der Waals surface area contributed by atoms with Crippen LogP contribution in [0.4, 0.5) is 0 Å². The number of amides is 1. The Morgan fingerprint density at radius 3 is 2.53 bits per heavy atom. The summed E-state index contributed by atoms with van der Waals surface area (Å²) in [6.45, 7) is 5.43. The second kappa shape index (κ2) is 6.36. The van der Waals surface area contributed by atoms with Crippen molar-refractivity contribution in [2.75, 3.05) is 26.7 Å². The van der Waals surface area contributed by atoms with E-state index >= 15 is 0 Å². The SMILES string of the molecule is CN(CC(=O)NCCO)C1CCC(C)(C)CC1. The highest BCUT2D eigenvalue weighted by Crippen LogP contribution is 2.36. The topological polar surface area (TPSA) is 52.6 Å². The van der Waals surface area contributed by atoms with Crippen LogP contribution in [0.2, 0.25) is 0 Å². The number of aliphatic hydroxyl groups is 1. The Bertz CT molecular complexity index is 244. The van der Waals surface area contributed by atoms with Crippen LogP contribution in [-0.2, 0) is 4.79 Å². The molecule has 1 rings (SSSR count). The minimum atomic E-state index is 0.00591. The fraction of sp³-hybridized carbons (Fsp3) is 0.923. The van der Waals surface area contributed by atoms with E-state index in [-0.39, 0.29) is 12.5 Å².